The first-order chi connectivity index (χ1) is 10.0. The molecule has 1 saturated heterocycles. The minimum absolute atomic E-state index is 0.0558. The molecule has 1 aliphatic heterocycles. The molecule has 0 aliphatic carbocycles. The summed E-state index contributed by atoms with van der Waals surface area (Å²) in [5.74, 6) is 0. The van der Waals surface area contributed by atoms with Crippen molar-refractivity contribution in [3.63, 3.8) is 0 Å². The Morgan fingerprint density at radius 2 is 2.14 bits per heavy atom. The minimum atomic E-state index is -1.33. The smallest absolute Gasteiger partial charge is 0.299 e. The number of nitro benzene ring substituents is 1. The van der Waals surface area contributed by atoms with Crippen LogP contribution in [0.25, 0.3) is 11.0 Å². The fraction of sp³-hybridized carbons (Fsp3) is 0.455. The first kappa shape index (κ1) is 13.8. The Morgan fingerprint density at radius 3 is 2.76 bits per heavy atom. The molecule has 0 saturated carbocycles. The Bertz CT molecular complexity index is 688. The number of ether oxygens (including phenoxy) is 1. The fourth-order valence-electron chi connectivity index (χ4n) is 2.37. The van der Waals surface area contributed by atoms with E-state index in [1.807, 2.05) is 0 Å². The number of nitrogens with zero attached hydrogens (tertiary/aromatic N) is 4. The van der Waals surface area contributed by atoms with Gasteiger partial charge in [0.2, 0.25) is 0 Å². The molecule has 2 heterocycles. The number of aliphatic hydroxyl groups is 3. The normalized spacial score (nSPS) is 29.1. The molecule has 112 valence electrons. The number of nitro groups is 1. The molecule has 10 nitrogen and oxygen atoms in total. The molecular weight excluding hydrogens is 284 g/mol. The van der Waals surface area contributed by atoms with Crippen molar-refractivity contribution >= 4 is 16.7 Å². The van der Waals surface area contributed by atoms with Crippen LogP contribution in [0.4, 0.5) is 5.69 Å². The first-order valence-corrected chi connectivity index (χ1v) is 6.15. The highest BCUT2D eigenvalue weighted by molar-refractivity contribution is 5.83. The number of hydrogen-bond donors (Lipinski definition) is 3. The SMILES string of the molecule is O=[N+]([O-])c1cccc2c1nnn2C1O[C@@H](CO)[C@H](O)[C@@H]1O. The van der Waals surface area contributed by atoms with E-state index in [9.17, 15) is 20.3 Å². The highest BCUT2D eigenvalue weighted by Crippen LogP contribution is 2.32. The second kappa shape index (κ2) is 5.00. The topological polar surface area (TPSA) is 144 Å². The summed E-state index contributed by atoms with van der Waals surface area (Å²) in [6.07, 6.45) is -4.64. The Kier molecular flexibility index (Phi) is 3.29. The third-order valence-electron chi connectivity index (χ3n) is 3.44. The van der Waals surface area contributed by atoms with Crippen molar-refractivity contribution in [2.45, 2.75) is 24.5 Å². The number of rotatable bonds is 3. The van der Waals surface area contributed by atoms with Crippen molar-refractivity contribution in [2.24, 2.45) is 0 Å². The lowest BCUT2D eigenvalue weighted by Crippen LogP contribution is -2.33. The Labute approximate surface area is 117 Å². The molecule has 1 fully saturated rings. The van der Waals surface area contributed by atoms with Crippen LogP contribution in [-0.4, -0.2) is 60.2 Å². The van der Waals surface area contributed by atoms with Crippen molar-refractivity contribution in [3.8, 4) is 0 Å². The van der Waals surface area contributed by atoms with Crippen molar-refractivity contribution in [3.05, 3.63) is 28.3 Å². The summed E-state index contributed by atoms with van der Waals surface area (Å²) in [5, 5.41) is 47.2. The van der Waals surface area contributed by atoms with Gasteiger partial charge >= 0.3 is 0 Å². The quantitative estimate of drug-likeness (QED) is 0.481. The summed E-state index contributed by atoms with van der Waals surface area (Å²) in [6, 6.07) is 4.29. The Balaban J connectivity index is 2.06. The van der Waals surface area contributed by atoms with Gasteiger partial charge in [-0.1, -0.05) is 11.3 Å². The van der Waals surface area contributed by atoms with Gasteiger partial charge in [0.1, 0.15) is 18.3 Å². The number of aliphatic hydroxyl groups excluding tert-OH is 3. The predicted octanol–water partition coefficient (Wildman–Crippen LogP) is -1.05. The summed E-state index contributed by atoms with van der Waals surface area (Å²) < 4.78 is 6.49. The maximum Gasteiger partial charge on any atom is 0.299 e. The lowest BCUT2D eigenvalue weighted by Gasteiger charge is -2.14. The molecule has 0 radical (unpaired) electrons. The molecule has 1 unspecified atom stereocenters. The van der Waals surface area contributed by atoms with Crippen molar-refractivity contribution < 1.29 is 25.0 Å². The van der Waals surface area contributed by atoms with Gasteiger partial charge in [0.15, 0.2) is 11.7 Å². The van der Waals surface area contributed by atoms with E-state index >= 15 is 0 Å². The van der Waals surface area contributed by atoms with Crippen molar-refractivity contribution in [2.75, 3.05) is 6.61 Å². The maximum atomic E-state index is 10.9. The van der Waals surface area contributed by atoms with E-state index in [0.717, 1.165) is 4.68 Å². The van der Waals surface area contributed by atoms with Crippen LogP contribution in [0.1, 0.15) is 6.23 Å². The zero-order valence-corrected chi connectivity index (χ0v) is 10.6. The highest BCUT2D eigenvalue weighted by atomic mass is 16.6. The highest BCUT2D eigenvalue weighted by Gasteiger charge is 2.44. The molecule has 3 rings (SSSR count). The van der Waals surface area contributed by atoms with Crippen LogP contribution in [-0.2, 0) is 4.74 Å². The van der Waals surface area contributed by atoms with Gasteiger partial charge in [-0.05, 0) is 6.07 Å². The molecular formula is C11H12N4O6. The van der Waals surface area contributed by atoms with Gasteiger partial charge in [-0.2, -0.15) is 0 Å². The van der Waals surface area contributed by atoms with Gasteiger partial charge in [-0.15, -0.1) is 5.10 Å². The van der Waals surface area contributed by atoms with Gasteiger partial charge in [-0.25, -0.2) is 4.68 Å². The van der Waals surface area contributed by atoms with Crippen LogP contribution in [0, 0.1) is 10.1 Å². The molecule has 0 bridgehead atoms. The monoisotopic (exact) mass is 296 g/mol. The van der Waals surface area contributed by atoms with Crippen LogP contribution in [0.3, 0.4) is 0 Å². The Hall–Kier alpha value is -2.14. The van der Waals surface area contributed by atoms with Crippen LogP contribution in [0.15, 0.2) is 18.2 Å². The molecule has 21 heavy (non-hydrogen) atoms. The van der Waals surface area contributed by atoms with Gasteiger partial charge in [0.25, 0.3) is 5.69 Å². The fourth-order valence-corrected chi connectivity index (χ4v) is 2.37. The summed E-state index contributed by atoms with van der Waals surface area (Å²) in [4.78, 5) is 10.4. The summed E-state index contributed by atoms with van der Waals surface area (Å²) in [7, 11) is 0. The van der Waals surface area contributed by atoms with Gasteiger partial charge in [-0.3, -0.25) is 10.1 Å². The van der Waals surface area contributed by atoms with Crippen molar-refractivity contribution in [1.29, 1.82) is 0 Å². The number of fused-ring (bicyclic) bond motifs is 1. The van der Waals surface area contributed by atoms with Gasteiger partial charge < -0.3 is 20.1 Å². The van der Waals surface area contributed by atoms with E-state index in [1.54, 1.807) is 0 Å². The summed E-state index contributed by atoms with van der Waals surface area (Å²) in [6.45, 7) is -0.471. The number of aromatic nitrogens is 3. The third-order valence-corrected chi connectivity index (χ3v) is 3.44. The number of hydrogen-bond acceptors (Lipinski definition) is 8. The van der Waals surface area contributed by atoms with E-state index in [2.05, 4.69) is 10.3 Å². The molecule has 1 aliphatic rings. The molecule has 0 amide bonds. The van der Waals surface area contributed by atoms with Crippen LogP contribution < -0.4 is 0 Å². The first-order valence-electron chi connectivity index (χ1n) is 6.15. The number of non-ortho nitro benzene ring substituents is 1. The minimum Gasteiger partial charge on any atom is -0.394 e. The maximum absolute atomic E-state index is 10.9. The van der Waals surface area contributed by atoms with Crippen LogP contribution in [0.5, 0.6) is 0 Å². The predicted molar refractivity (Wildman–Crippen MR) is 67.2 cm³/mol. The molecule has 2 aromatic rings. The van der Waals surface area contributed by atoms with E-state index in [4.69, 9.17) is 9.84 Å². The zero-order chi connectivity index (χ0) is 15.1. The lowest BCUT2D eigenvalue weighted by molar-refractivity contribution is -0.383. The van der Waals surface area contributed by atoms with Crippen LogP contribution >= 0.6 is 0 Å². The van der Waals surface area contributed by atoms with E-state index < -0.39 is 36.1 Å². The molecule has 0 spiro atoms. The summed E-state index contributed by atoms with van der Waals surface area (Å²) >= 11 is 0. The second-order valence-corrected chi connectivity index (χ2v) is 4.66. The van der Waals surface area contributed by atoms with Crippen LogP contribution in [0.2, 0.25) is 0 Å². The van der Waals surface area contributed by atoms with Gasteiger partial charge in [0, 0.05) is 6.07 Å². The average Bonchev–Trinajstić information content (AvgIpc) is 3.01. The molecule has 10 heteroatoms. The zero-order valence-electron chi connectivity index (χ0n) is 10.6. The second-order valence-electron chi connectivity index (χ2n) is 4.66. The van der Waals surface area contributed by atoms with E-state index in [1.165, 1.54) is 18.2 Å². The molecule has 3 N–H and O–H groups in total. The standard InChI is InChI=1S/C11H12N4O6/c16-4-7-9(17)10(18)11(21-7)14-5-2-1-3-6(15(19)20)8(5)12-13-14/h1-3,7,9-11,16-18H,4H2/t7-,9-,10-,11?/m0/s1. The molecule has 1 aromatic carbocycles. The lowest BCUT2D eigenvalue weighted by atomic mass is 10.1. The Morgan fingerprint density at radius 1 is 1.38 bits per heavy atom. The summed E-state index contributed by atoms with van der Waals surface area (Å²) in [5.41, 5.74) is 0.129. The van der Waals surface area contributed by atoms with Gasteiger partial charge in [0.05, 0.1) is 17.0 Å². The third kappa shape index (κ3) is 2.05. The van der Waals surface area contributed by atoms with Crippen molar-refractivity contribution in [1.82, 2.24) is 15.0 Å². The largest absolute Gasteiger partial charge is 0.394 e. The van der Waals surface area contributed by atoms with E-state index in [0.29, 0.717) is 5.52 Å². The molecule has 4 atom stereocenters. The average molecular weight is 296 g/mol. The molecule has 1 aromatic heterocycles. The number of benzene rings is 1. The van der Waals surface area contributed by atoms with E-state index in [-0.39, 0.29) is 11.2 Å².